The largest absolute Gasteiger partial charge is 0.354 e. The number of hydrogen-bond acceptors (Lipinski definition) is 3. The van der Waals surface area contributed by atoms with Gasteiger partial charge in [0.25, 0.3) is 0 Å². The summed E-state index contributed by atoms with van der Waals surface area (Å²) in [6, 6.07) is 7.32. The number of amides is 2. The highest BCUT2D eigenvalue weighted by Crippen LogP contribution is 2.17. The lowest BCUT2D eigenvalue weighted by molar-refractivity contribution is -0.138. The Morgan fingerprint density at radius 1 is 1.36 bits per heavy atom. The third kappa shape index (κ3) is 2.81. The van der Waals surface area contributed by atoms with Crippen LogP contribution in [-0.2, 0) is 16.0 Å². The molecule has 0 radical (unpaired) electrons. The maximum atomic E-state index is 12.5. The Hall–Kier alpha value is -2.37. The zero-order chi connectivity index (χ0) is 15.5. The van der Waals surface area contributed by atoms with Crippen LogP contribution in [0.15, 0.2) is 24.3 Å². The van der Waals surface area contributed by atoms with Gasteiger partial charge in [-0.25, -0.2) is 0 Å². The molecular weight excluding hydrogens is 280 g/mol. The number of likely N-dealkylation sites (N-methyl/N-ethyl adjacent to an activating group) is 1. The number of aromatic amines is 1. The minimum atomic E-state index is -0.371. The first-order valence-electron chi connectivity index (χ1n) is 7.62. The summed E-state index contributed by atoms with van der Waals surface area (Å²) >= 11 is 0. The Kier molecular flexibility index (Phi) is 4.09. The van der Waals surface area contributed by atoms with Crippen molar-refractivity contribution in [2.45, 2.75) is 31.7 Å². The van der Waals surface area contributed by atoms with Crippen LogP contribution in [0.3, 0.4) is 0 Å². The van der Waals surface area contributed by atoms with Gasteiger partial charge in [0.1, 0.15) is 6.04 Å². The van der Waals surface area contributed by atoms with Gasteiger partial charge in [0.05, 0.1) is 17.6 Å². The second-order valence-corrected chi connectivity index (χ2v) is 5.70. The lowest BCUT2D eigenvalue weighted by Gasteiger charge is -2.25. The molecule has 0 spiro atoms. The summed E-state index contributed by atoms with van der Waals surface area (Å²) in [6.07, 6.45) is 2.86. The van der Waals surface area contributed by atoms with Crippen LogP contribution in [0.2, 0.25) is 0 Å². The number of rotatable bonds is 3. The van der Waals surface area contributed by atoms with Crippen LogP contribution in [0.5, 0.6) is 0 Å². The van der Waals surface area contributed by atoms with E-state index in [-0.39, 0.29) is 24.3 Å². The van der Waals surface area contributed by atoms with Gasteiger partial charge >= 0.3 is 0 Å². The Labute approximate surface area is 128 Å². The number of fused-ring (bicyclic) bond motifs is 1. The lowest BCUT2D eigenvalue weighted by atomic mass is 10.1. The first-order chi connectivity index (χ1) is 10.7. The minimum Gasteiger partial charge on any atom is -0.354 e. The van der Waals surface area contributed by atoms with Crippen molar-refractivity contribution in [3.8, 4) is 0 Å². The minimum absolute atomic E-state index is 0.0529. The molecule has 2 amide bonds. The fraction of sp³-hybridized carbons (Fsp3) is 0.438. The van der Waals surface area contributed by atoms with Crippen LogP contribution in [0, 0.1) is 0 Å². The number of carbonyl (C=O) groups is 2. The van der Waals surface area contributed by atoms with E-state index in [4.69, 9.17) is 0 Å². The van der Waals surface area contributed by atoms with Gasteiger partial charge in [-0.2, -0.15) is 5.10 Å². The Bertz CT molecular complexity index is 694. The van der Waals surface area contributed by atoms with Gasteiger partial charge in [-0.3, -0.25) is 14.7 Å². The summed E-state index contributed by atoms with van der Waals surface area (Å²) in [6.45, 7) is 0.697. The normalized spacial score (nSPS) is 18.8. The third-order valence-electron chi connectivity index (χ3n) is 4.24. The van der Waals surface area contributed by atoms with Crippen molar-refractivity contribution in [2.24, 2.45) is 0 Å². The maximum Gasteiger partial charge on any atom is 0.242 e. The van der Waals surface area contributed by atoms with Crippen molar-refractivity contribution in [1.29, 1.82) is 0 Å². The van der Waals surface area contributed by atoms with Crippen LogP contribution < -0.4 is 5.32 Å². The Morgan fingerprint density at radius 3 is 3.05 bits per heavy atom. The van der Waals surface area contributed by atoms with Crippen molar-refractivity contribution in [3.05, 3.63) is 30.0 Å². The highest BCUT2D eigenvalue weighted by Gasteiger charge is 2.28. The molecule has 1 aromatic heterocycles. The average Bonchev–Trinajstić information content (AvgIpc) is 2.80. The summed E-state index contributed by atoms with van der Waals surface area (Å²) in [5.74, 6) is -0.126. The second kappa shape index (κ2) is 6.17. The van der Waals surface area contributed by atoms with Crippen LogP contribution in [0.1, 0.15) is 25.0 Å². The number of benzene rings is 1. The number of carbonyl (C=O) groups excluding carboxylic acids is 2. The Morgan fingerprint density at radius 2 is 2.18 bits per heavy atom. The molecule has 1 unspecified atom stereocenters. The number of hydrogen-bond donors (Lipinski definition) is 2. The molecule has 0 saturated carbocycles. The molecular formula is C16H20N4O2. The maximum absolute atomic E-state index is 12.5. The number of H-pyrrole nitrogens is 1. The van der Waals surface area contributed by atoms with Gasteiger partial charge in [-0.15, -0.1) is 0 Å². The van der Waals surface area contributed by atoms with E-state index in [9.17, 15) is 9.59 Å². The molecule has 0 aliphatic carbocycles. The molecule has 2 heterocycles. The summed E-state index contributed by atoms with van der Waals surface area (Å²) < 4.78 is 0. The number of nitrogens with one attached hydrogen (secondary N) is 2. The van der Waals surface area contributed by atoms with E-state index in [1.807, 2.05) is 24.3 Å². The number of para-hydroxylation sites is 1. The third-order valence-corrected chi connectivity index (χ3v) is 4.24. The van der Waals surface area contributed by atoms with Gasteiger partial charge in [0.15, 0.2) is 0 Å². The monoisotopic (exact) mass is 300 g/mol. The molecule has 6 heteroatoms. The fourth-order valence-electron chi connectivity index (χ4n) is 2.89. The highest BCUT2D eigenvalue weighted by atomic mass is 16.2. The van der Waals surface area contributed by atoms with Crippen molar-refractivity contribution >= 4 is 22.7 Å². The van der Waals surface area contributed by atoms with Gasteiger partial charge in [-0.1, -0.05) is 18.2 Å². The standard InChI is InChI=1S/C16H20N4O2/c1-20(14-8-4-5-9-17-16(14)22)15(21)10-13-11-6-2-3-7-12(11)18-19-13/h2-3,6-7,14H,4-5,8-10H2,1H3,(H,17,22)(H,18,19). The van der Waals surface area contributed by atoms with Crippen molar-refractivity contribution in [3.63, 3.8) is 0 Å². The predicted molar refractivity (Wildman–Crippen MR) is 83.2 cm³/mol. The summed E-state index contributed by atoms with van der Waals surface area (Å²) in [5.41, 5.74) is 1.64. The van der Waals surface area contributed by atoms with Crippen LogP contribution in [-0.4, -0.2) is 46.5 Å². The number of nitrogens with zero attached hydrogens (tertiary/aromatic N) is 2. The molecule has 1 aliphatic rings. The van der Waals surface area contributed by atoms with Crippen molar-refractivity contribution < 1.29 is 9.59 Å². The van der Waals surface area contributed by atoms with Gasteiger partial charge in [-0.05, 0) is 25.3 Å². The van der Waals surface area contributed by atoms with E-state index in [1.165, 1.54) is 0 Å². The zero-order valence-corrected chi connectivity index (χ0v) is 12.6. The molecule has 3 rings (SSSR count). The SMILES string of the molecule is CN(C(=O)Cc1[nH]nc2ccccc12)C1CCCCNC1=O. The smallest absolute Gasteiger partial charge is 0.242 e. The van der Waals surface area contributed by atoms with Gasteiger partial charge in [0, 0.05) is 19.0 Å². The molecule has 2 N–H and O–H groups in total. The summed E-state index contributed by atoms with van der Waals surface area (Å²) in [7, 11) is 1.70. The van der Waals surface area contributed by atoms with Crippen LogP contribution in [0.4, 0.5) is 0 Å². The van der Waals surface area contributed by atoms with E-state index in [1.54, 1.807) is 11.9 Å². The molecule has 1 aromatic carbocycles. The molecule has 22 heavy (non-hydrogen) atoms. The first kappa shape index (κ1) is 14.6. The molecule has 1 saturated heterocycles. The first-order valence-corrected chi connectivity index (χ1v) is 7.62. The molecule has 1 fully saturated rings. The average molecular weight is 300 g/mol. The predicted octanol–water partition coefficient (Wildman–Crippen LogP) is 1.23. The molecule has 1 aliphatic heterocycles. The molecule has 2 aromatic rings. The van der Waals surface area contributed by atoms with E-state index >= 15 is 0 Å². The lowest BCUT2D eigenvalue weighted by Crippen LogP contribution is -2.47. The van der Waals surface area contributed by atoms with Crippen molar-refractivity contribution in [1.82, 2.24) is 20.4 Å². The van der Waals surface area contributed by atoms with E-state index in [2.05, 4.69) is 15.5 Å². The van der Waals surface area contributed by atoms with Crippen LogP contribution in [0.25, 0.3) is 10.9 Å². The molecule has 0 bridgehead atoms. The van der Waals surface area contributed by atoms with Crippen molar-refractivity contribution in [2.75, 3.05) is 13.6 Å². The molecule has 116 valence electrons. The second-order valence-electron chi connectivity index (χ2n) is 5.70. The molecule has 1 atom stereocenters. The number of aromatic nitrogens is 2. The van der Waals surface area contributed by atoms with E-state index in [0.29, 0.717) is 6.54 Å². The highest BCUT2D eigenvalue weighted by molar-refractivity contribution is 5.91. The summed E-state index contributed by atoms with van der Waals surface area (Å²) in [4.78, 5) is 26.1. The summed E-state index contributed by atoms with van der Waals surface area (Å²) in [5, 5.41) is 10.9. The Balaban J connectivity index is 1.74. The van der Waals surface area contributed by atoms with E-state index in [0.717, 1.165) is 35.9 Å². The quantitative estimate of drug-likeness (QED) is 0.895. The van der Waals surface area contributed by atoms with Crippen LogP contribution >= 0.6 is 0 Å². The van der Waals surface area contributed by atoms with E-state index < -0.39 is 0 Å². The van der Waals surface area contributed by atoms with Gasteiger partial charge in [0.2, 0.25) is 11.8 Å². The van der Waals surface area contributed by atoms with Gasteiger partial charge < -0.3 is 10.2 Å². The topological polar surface area (TPSA) is 78.1 Å². The fourth-order valence-corrected chi connectivity index (χ4v) is 2.89. The zero-order valence-electron chi connectivity index (χ0n) is 12.6. The molecule has 6 nitrogen and oxygen atoms in total.